The quantitative estimate of drug-likeness (QED) is 0.662. The van der Waals surface area contributed by atoms with Gasteiger partial charge in [-0.3, -0.25) is 4.79 Å². The fourth-order valence-corrected chi connectivity index (χ4v) is 1.38. The van der Waals surface area contributed by atoms with Gasteiger partial charge in [-0.25, -0.2) is 0 Å². The lowest BCUT2D eigenvalue weighted by atomic mass is 10.1. The lowest BCUT2D eigenvalue weighted by Gasteiger charge is -2.32. The van der Waals surface area contributed by atoms with Crippen LogP contribution in [0.15, 0.2) is 0 Å². The van der Waals surface area contributed by atoms with Gasteiger partial charge < -0.3 is 10.2 Å². The Morgan fingerprint density at radius 3 is 2.83 bits per heavy atom. The molecule has 0 unspecified atom stereocenters. The van der Waals surface area contributed by atoms with E-state index >= 15 is 0 Å². The first-order chi connectivity index (χ1) is 5.24. The van der Waals surface area contributed by atoms with E-state index in [1.165, 1.54) is 0 Å². The third-order valence-electron chi connectivity index (χ3n) is 2.19. The Kier molecular flexibility index (Phi) is 5.25. The average Bonchev–Trinajstić information content (AvgIpc) is 2.05. The molecule has 1 saturated heterocycles. The second-order valence-corrected chi connectivity index (χ2v) is 3.02. The Morgan fingerprint density at radius 2 is 2.33 bits per heavy atom. The van der Waals surface area contributed by atoms with E-state index in [-0.39, 0.29) is 18.3 Å². The summed E-state index contributed by atoms with van der Waals surface area (Å²) in [6.07, 6.45) is 1.10. The van der Waals surface area contributed by atoms with Crippen molar-refractivity contribution in [2.24, 2.45) is 0 Å². The van der Waals surface area contributed by atoms with Crippen molar-refractivity contribution in [3.05, 3.63) is 0 Å². The second kappa shape index (κ2) is 5.38. The van der Waals surface area contributed by atoms with Crippen molar-refractivity contribution in [2.75, 3.05) is 19.6 Å². The summed E-state index contributed by atoms with van der Waals surface area (Å²) in [5.41, 5.74) is 0. The third kappa shape index (κ3) is 2.99. The number of hydrogen-bond acceptors (Lipinski definition) is 2. The van der Waals surface area contributed by atoms with Crippen LogP contribution < -0.4 is 5.32 Å². The van der Waals surface area contributed by atoms with E-state index in [1.54, 1.807) is 6.92 Å². The summed E-state index contributed by atoms with van der Waals surface area (Å²) in [6, 6.07) is 0.507. The van der Waals surface area contributed by atoms with Gasteiger partial charge in [0.1, 0.15) is 0 Å². The molecule has 0 radical (unpaired) electrons. The molecule has 0 saturated carbocycles. The highest BCUT2D eigenvalue weighted by Crippen LogP contribution is 2.01. The molecule has 1 aliphatic heterocycles. The van der Waals surface area contributed by atoms with Crippen LogP contribution in [0, 0.1) is 0 Å². The summed E-state index contributed by atoms with van der Waals surface area (Å²) in [5, 5.41) is 3.36. The Labute approximate surface area is 79.9 Å². The average molecular weight is 193 g/mol. The van der Waals surface area contributed by atoms with Gasteiger partial charge in [-0.2, -0.15) is 0 Å². The predicted molar refractivity (Wildman–Crippen MR) is 51.6 cm³/mol. The molecule has 1 heterocycles. The largest absolute Gasteiger partial charge is 0.340 e. The van der Waals surface area contributed by atoms with E-state index in [4.69, 9.17) is 0 Å². The first-order valence-electron chi connectivity index (χ1n) is 4.23. The highest BCUT2D eigenvalue weighted by Gasteiger charge is 2.18. The zero-order chi connectivity index (χ0) is 8.27. The molecule has 12 heavy (non-hydrogen) atoms. The van der Waals surface area contributed by atoms with Gasteiger partial charge in [0, 0.05) is 32.6 Å². The molecule has 1 amide bonds. The van der Waals surface area contributed by atoms with Crippen molar-refractivity contribution in [3.8, 4) is 0 Å². The molecule has 1 atom stereocenters. The number of carbonyl (C=O) groups excluding carboxylic acids is 1. The molecule has 72 valence electrons. The Hall–Kier alpha value is -0.280. The normalized spacial score (nSPS) is 23.2. The van der Waals surface area contributed by atoms with Crippen LogP contribution >= 0.6 is 12.4 Å². The Morgan fingerprint density at radius 1 is 1.67 bits per heavy atom. The highest BCUT2D eigenvalue weighted by atomic mass is 35.5. The van der Waals surface area contributed by atoms with Gasteiger partial charge >= 0.3 is 0 Å². The SMILES string of the molecule is CC[C@@H]1CN(C(C)=O)CCN1.Cl. The minimum atomic E-state index is 0. The van der Waals surface area contributed by atoms with Crippen molar-refractivity contribution in [1.29, 1.82) is 0 Å². The van der Waals surface area contributed by atoms with E-state index < -0.39 is 0 Å². The number of nitrogens with zero attached hydrogens (tertiary/aromatic N) is 1. The first-order valence-corrected chi connectivity index (χ1v) is 4.23. The van der Waals surface area contributed by atoms with Crippen molar-refractivity contribution in [1.82, 2.24) is 10.2 Å². The van der Waals surface area contributed by atoms with Crippen LogP contribution in [0.25, 0.3) is 0 Å². The van der Waals surface area contributed by atoms with Crippen LogP contribution in [0.5, 0.6) is 0 Å². The fraction of sp³-hybridized carbons (Fsp3) is 0.875. The van der Waals surface area contributed by atoms with Gasteiger partial charge in [0.25, 0.3) is 0 Å². The van der Waals surface area contributed by atoms with Crippen molar-refractivity contribution in [2.45, 2.75) is 26.3 Å². The molecular formula is C8H17ClN2O. The molecular weight excluding hydrogens is 176 g/mol. The van der Waals surface area contributed by atoms with Crippen LogP contribution in [0.3, 0.4) is 0 Å². The summed E-state index contributed by atoms with van der Waals surface area (Å²) in [6.45, 7) is 6.47. The standard InChI is InChI=1S/C8H16N2O.ClH/c1-3-8-6-10(7(2)11)5-4-9-8;/h8-9H,3-6H2,1-2H3;1H/t8-;/m1./s1. The molecule has 0 spiro atoms. The fourth-order valence-electron chi connectivity index (χ4n) is 1.38. The van der Waals surface area contributed by atoms with E-state index in [1.807, 2.05) is 4.90 Å². The van der Waals surface area contributed by atoms with Gasteiger partial charge in [-0.15, -0.1) is 12.4 Å². The number of halogens is 1. The van der Waals surface area contributed by atoms with Crippen LogP contribution in [-0.4, -0.2) is 36.5 Å². The second-order valence-electron chi connectivity index (χ2n) is 3.02. The maximum atomic E-state index is 11.0. The van der Waals surface area contributed by atoms with Crippen LogP contribution in [-0.2, 0) is 4.79 Å². The molecule has 0 aromatic heterocycles. The van der Waals surface area contributed by atoms with Crippen molar-refractivity contribution in [3.63, 3.8) is 0 Å². The Balaban J connectivity index is 0.00000121. The van der Waals surface area contributed by atoms with Crippen molar-refractivity contribution < 1.29 is 4.79 Å². The summed E-state index contributed by atoms with van der Waals surface area (Å²) >= 11 is 0. The molecule has 0 aliphatic carbocycles. The van der Waals surface area contributed by atoms with E-state index in [2.05, 4.69) is 12.2 Å². The number of amides is 1. The summed E-state index contributed by atoms with van der Waals surface area (Å²) in [4.78, 5) is 12.9. The predicted octanol–water partition coefficient (Wildman–Crippen LogP) is 0.638. The van der Waals surface area contributed by atoms with E-state index in [0.717, 1.165) is 26.1 Å². The van der Waals surface area contributed by atoms with Gasteiger partial charge in [-0.05, 0) is 6.42 Å². The molecule has 1 N–H and O–H groups in total. The van der Waals surface area contributed by atoms with Crippen molar-refractivity contribution >= 4 is 18.3 Å². The molecule has 4 heteroatoms. The maximum absolute atomic E-state index is 11.0. The molecule has 1 aliphatic rings. The molecule has 0 aromatic rings. The van der Waals surface area contributed by atoms with Crippen LogP contribution in [0.1, 0.15) is 20.3 Å². The topological polar surface area (TPSA) is 32.3 Å². The zero-order valence-corrected chi connectivity index (χ0v) is 8.49. The molecule has 0 aromatic carbocycles. The Bertz CT molecular complexity index is 152. The minimum absolute atomic E-state index is 0. The molecule has 1 rings (SSSR count). The smallest absolute Gasteiger partial charge is 0.219 e. The van der Waals surface area contributed by atoms with E-state index in [0.29, 0.717) is 6.04 Å². The molecule has 0 bridgehead atoms. The maximum Gasteiger partial charge on any atom is 0.219 e. The lowest BCUT2D eigenvalue weighted by Crippen LogP contribution is -2.51. The molecule has 1 fully saturated rings. The first kappa shape index (κ1) is 11.7. The summed E-state index contributed by atoms with van der Waals surface area (Å²) < 4.78 is 0. The molecule has 3 nitrogen and oxygen atoms in total. The number of hydrogen-bond donors (Lipinski definition) is 1. The van der Waals surface area contributed by atoms with Gasteiger partial charge in [-0.1, -0.05) is 6.92 Å². The summed E-state index contributed by atoms with van der Waals surface area (Å²) in [7, 11) is 0. The number of carbonyl (C=O) groups is 1. The zero-order valence-electron chi connectivity index (χ0n) is 7.67. The minimum Gasteiger partial charge on any atom is -0.340 e. The van der Waals surface area contributed by atoms with Gasteiger partial charge in [0.15, 0.2) is 0 Å². The van der Waals surface area contributed by atoms with E-state index in [9.17, 15) is 4.79 Å². The number of piperazine rings is 1. The third-order valence-corrected chi connectivity index (χ3v) is 2.19. The van der Waals surface area contributed by atoms with Gasteiger partial charge in [0.2, 0.25) is 5.91 Å². The van der Waals surface area contributed by atoms with Crippen LogP contribution in [0.4, 0.5) is 0 Å². The number of rotatable bonds is 1. The van der Waals surface area contributed by atoms with Gasteiger partial charge in [0.05, 0.1) is 0 Å². The monoisotopic (exact) mass is 192 g/mol. The summed E-state index contributed by atoms with van der Waals surface area (Å²) in [5.74, 6) is 0.199. The highest BCUT2D eigenvalue weighted by molar-refractivity contribution is 5.85. The van der Waals surface area contributed by atoms with Crippen LogP contribution in [0.2, 0.25) is 0 Å². The lowest BCUT2D eigenvalue weighted by molar-refractivity contribution is -0.130. The number of nitrogens with one attached hydrogen (secondary N) is 1.